The molecule has 2 fully saturated rings. The van der Waals surface area contributed by atoms with E-state index in [2.05, 4.69) is 11.8 Å². The van der Waals surface area contributed by atoms with Crippen LogP contribution in [0.4, 0.5) is 0 Å². The lowest BCUT2D eigenvalue weighted by molar-refractivity contribution is -0.152. The van der Waals surface area contributed by atoms with Gasteiger partial charge in [-0.3, -0.25) is 4.79 Å². The Morgan fingerprint density at radius 1 is 1.38 bits per heavy atom. The highest BCUT2D eigenvalue weighted by molar-refractivity contribution is 5.74. The molecule has 0 aromatic rings. The van der Waals surface area contributed by atoms with E-state index >= 15 is 0 Å². The van der Waals surface area contributed by atoms with Gasteiger partial charge in [-0.25, -0.2) is 0 Å². The van der Waals surface area contributed by atoms with Crippen LogP contribution in [0.3, 0.4) is 0 Å². The minimum atomic E-state index is -0.569. The summed E-state index contributed by atoms with van der Waals surface area (Å²) in [5.41, 5.74) is -0.408. The summed E-state index contributed by atoms with van der Waals surface area (Å²) in [5.74, 6) is 0.351. The van der Waals surface area contributed by atoms with Crippen molar-refractivity contribution in [2.24, 2.45) is 11.3 Å². The van der Waals surface area contributed by atoms with Crippen molar-refractivity contribution in [2.75, 3.05) is 19.6 Å². The van der Waals surface area contributed by atoms with Crippen molar-refractivity contribution < 1.29 is 9.90 Å². The molecule has 0 bridgehead atoms. The van der Waals surface area contributed by atoms with E-state index in [1.54, 1.807) is 0 Å². The number of piperidine rings is 1. The maximum Gasteiger partial charge on any atom is 0.309 e. The third-order valence-corrected chi connectivity index (χ3v) is 4.21. The average molecular weight is 225 g/mol. The van der Waals surface area contributed by atoms with Crippen LogP contribution in [0.5, 0.6) is 0 Å². The van der Waals surface area contributed by atoms with E-state index in [9.17, 15) is 9.90 Å². The summed E-state index contributed by atoms with van der Waals surface area (Å²) in [6, 6.07) is 0. The second-order valence-electron chi connectivity index (χ2n) is 5.58. The number of likely N-dealkylation sites (tertiary alicyclic amines) is 1. The third-order valence-electron chi connectivity index (χ3n) is 4.21. The lowest BCUT2D eigenvalue weighted by atomic mass is 9.75. The van der Waals surface area contributed by atoms with Crippen LogP contribution in [0.25, 0.3) is 0 Å². The molecule has 0 spiro atoms. The molecule has 1 heterocycles. The zero-order valence-corrected chi connectivity index (χ0v) is 10.2. The number of hydrogen-bond donors (Lipinski definition) is 1. The molecule has 1 saturated heterocycles. The number of aliphatic carboxylic acids is 1. The van der Waals surface area contributed by atoms with Gasteiger partial charge in [-0.05, 0) is 51.1 Å². The van der Waals surface area contributed by atoms with Gasteiger partial charge in [0.2, 0.25) is 0 Å². The fourth-order valence-electron chi connectivity index (χ4n) is 2.88. The van der Waals surface area contributed by atoms with E-state index in [0.29, 0.717) is 0 Å². The normalized spacial score (nSPS) is 25.6. The summed E-state index contributed by atoms with van der Waals surface area (Å²) in [7, 11) is 0. The number of carboxylic acid groups (broad SMARTS) is 1. The van der Waals surface area contributed by atoms with Crippen LogP contribution in [0.1, 0.15) is 45.4 Å². The van der Waals surface area contributed by atoms with Crippen LogP contribution in [0, 0.1) is 11.3 Å². The Bertz CT molecular complexity index is 253. The molecule has 16 heavy (non-hydrogen) atoms. The van der Waals surface area contributed by atoms with E-state index < -0.39 is 11.4 Å². The molecule has 3 nitrogen and oxygen atoms in total. The van der Waals surface area contributed by atoms with E-state index in [0.717, 1.165) is 44.7 Å². The summed E-state index contributed by atoms with van der Waals surface area (Å²) in [6.07, 6.45) is 6.30. The zero-order chi connectivity index (χ0) is 11.6. The third kappa shape index (κ3) is 2.57. The second kappa shape index (κ2) is 4.74. The Kier molecular flexibility index (Phi) is 3.53. The first kappa shape index (κ1) is 11.9. The molecule has 1 N–H and O–H groups in total. The fourth-order valence-corrected chi connectivity index (χ4v) is 2.88. The molecule has 2 rings (SSSR count). The van der Waals surface area contributed by atoms with Crippen molar-refractivity contribution >= 4 is 5.97 Å². The van der Waals surface area contributed by atoms with Gasteiger partial charge in [0.05, 0.1) is 5.41 Å². The van der Waals surface area contributed by atoms with Gasteiger partial charge in [0, 0.05) is 6.54 Å². The molecule has 0 atom stereocenters. The molecule has 1 aliphatic heterocycles. The number of rotatable bonds is 5. The first-order valence-corrected chi connectivity index (χ1v) is 6.62. The van der Waals surface area contributed by atoms with Gasteiger partial charge >= 0.3 is 5.97 Å². The molecule has 2 aliphatic rings. The molecule has 0 unspecified atom stereocenters. The van der Waals surface area contributed by atoms with E-state index in [1.165, 1.54) is 19.4 Å². The van der Waals surface area contributed by atoms with Crippen molar-refractivity contribution in [2.45, 2.75) is 45.4 Å². The van der Waals surface area contributed by atoms with Gasteiger partial charge in [0.15, 0.2) is 0 Å². The summed E-state index contributed by atoms with van der Waals surface area (Å²) in [6.45, 7) is 5.27. The first-order valence-electron chi connectivity index (χ1n) is 6.62. The topological polar surface area (TPSA) is 40.5 Å². The Morgan fingerprint density at radius 2 is 2.00 bits per heavy atom. The van der Waals surface area contributed by atoms with Gasteiger partial charge in [-0.2, -0.15) is 0 Å². The fraction of sp³-hybridized carbons (Fsp3) is 0.923. The SMILES string of the molecule is CCCC1(C(=O)O)CCN(CC2CC2)CC1. The highest BCUT2D eigenvalue weighted by atomic mass is 16.4. The summed E-state index contributed by atoms with van der Waals surface area (Å²) >= 11 is 0. The zero-order valence-electron chi connectivity index (χ0n) is 10.2. The summed E-state index contributed by atoms with van der Waals surface area (Å²) in [5, 5.41) is 9.38. The molecule has 92 valence electrons. The Morgan fingerprint density at radius 3 is 2.44 bits per heavy atom. The number of nitrogens with zero attached hydrogens (tertiary/aromatic N) is 1. The van der Waals surface area contributed by atoms with Crippen LogP contribution in [0.2, 0.25) is 0 Å². The first-order chi connectivity index (χ1) is 7.66. The lowest BCUT2D eigenvalue weighted by Gasteiger charge is -2.38. The van der Waals surface area contributed by atoms with E-state index in [4.69, 9.17) is 0 Å². The number of carboxylic acids is 1. The van der Waals surface area contributed by atoms with Crippen LogP contribution in [-0.4, -0.2) is 35.6 Å². The van der Waals surface area contributed by atoms with Crippen LogP contribution in [-0.2, 0) is 4.79 Å². The minimum Gasteiger partial charge on any atom is -0.481 e. The summed E-state index contributed by atoms with van der Waals surface area (Å²) in [4.78, 5) is 13.9. The van der Waals surface area contributed by atoms with Crippen LogP contribution >= 0.6 is 0 Å². The Hall–Kier alpha value is -0.570. The van der Waals surface area contributed by atoms with Gasteiger partial charge in [0.1, 0.15) is 0 Å². The molecule has 1 saturated carbocycles. The molecule has 0 aromatic heterocycles. The van der Waals surface area contributed by atoms with Crippen LogP contribution in [0.15, 0.2) is 0 Å². The molecule has 0 amide bonds. The Labute approximate surface area is 97.8 Å². The average Bonchev–Trinajstić information content (AvgIpc) is 3.05. The predicted molar refractivity (Wildman–Crippen MR) is 63.4 cm³/mol. The van der Waals surface area contributed by atoms with Crippen molar-refractivity contribution in [3.63, 3.8) is 0 Å². The molecule has 3 heteroatoms. The smallest absolute Gasteiger partial charge is 0.309 e. The Balaban J connectivity index is 1.86. The monoisotopic (exact) mass is 225 g/mol. The largest absolute Gasteiger partial charge is 0.481 e. The van der Waals surface area contributed by atoms with E-state index in [-0.39, 0.29) is 0 Å². The standard InChI is InChI=1S/C13H23NO2/c1-2-5-13(12(15)16)6-8-14(9-7-13)10-11-3-4-11/h11H,2-10H2,1H3,(H,15,16). The molecule has 0 radical (unpaired) electrons. The van der Waals surface area contributed by atoms with Crippen molar-refractivity contribution in [1.29, 1.82) is 0 Å². The van der Waals surface area contributed by atoms with Crippen molar-refractivity contribution in [3.8, 4) is 0 Å². The molecule has 0 aromatic carbocycles. The molecule has 1 aliphatic carbocycles. The van der Waals surface area contributed by atoms with Crippen molar-refractivity contribution in [3.05, 3.63) is 0 Å². The lowest BCUT2D eigenvalue weighted by Crippen LogP contribution is -2.44. The van der Waals surface area contributed by atoms with Gasteiger partial charge in [-0.15, -0.1) is 0 Å². The number of hydrogen-bond acceptors (Lipinski definition) is 2. The van der Waals surface area contributed by atoms with Crippen LogP contribution < -0.4 is 0 Å². The van der Waals surface area contributed by atoms with Gasteiger partial charge in [0.25, 0.3) is 0 Å². The second-order valence-corrected chi connectivity index (χ2v) is 5.58. The minimum absolute atomic E-state index is 0.408. The maximum absolute atomic E-state index is 11.4. The quantitative estimate of drug-likeness (QED) is 0.781. The van der Waals surface area contributed by atoms with Gasteiger partial charge in [-0.1, -0.05) is 13.3 Å². The number of carbonyl (C=O) groups is 1. The molecular weight excluding hydrogens is 202 g/mol. The van der Waals surface area contributed by atoms with Gasteiger partial charge < -0.3 is 10.0 Å². The van der Waals surface area contributed by atoms with E-state index in [1.807, 2.05) is 0 Å². The highest BCUT2D eigenvalue weighted by Crippen LogP contribution is 2.38. The molecular formula is C13H23NO2. The maximum atomic E-state index is 11.4. The van der Waals surface area contributed by atoms with Crippen molar-refractivity contribution in [1.82, 2.24) is 4.90 Å². The summed E-state index contributed by atoms with van der Waals surface area (Å²) < 4.78 is 0. The highest BCUT2D eigenvalue weighted by Gasteiger charge is 2.41. The predicted octanol–water partition coefficient (Wildman–Crippen LogP) is 2.36.